The fourth-order valence-electron chi connectivity index (χ4n) is 2.68. The maximum Gasteiger partial charge on any atom is 0.307 e. The number of carbonyl (C=O) groups is 2. The molecule has 1 amide bonds. The van der Waals surface area contributed by atoms with Crippen LogP contribution in [0.15, 0.2) is 46.9 Å². The monoisotopic (exact) mass is 413 g/mol. The Hall–Kier alpha value is -3.95. The number of aromatic nitrogens is 1. The van der Waals surface area contributed by atoms with Crippen molar-refractivity contribution in [3.05, 3.63) is 58.5 Å². The van der Waals surface area contributed by atoms with Crippen molar-refractivity contribution in [2.24, 2.45) is 0 Å². The summed E-state index contributed by atoms with van der Waals surface area (Å²) >= 11 is 0. The normalized spacial score (nSPS) is 11.7. The Kier molecular flexibility index (Phi) is 6.26. The summed E-state index contributed by atoms with van der Waals surface area (Å²) in [6.45, 7) is 1.38. The van der Waals surface area contributed by atoms with Crippen molar-refractivity contribution in [1.29, 1.82) is 0 Å². The second-order valence-electron chi connectivity index (χ2n) is 6.34. The van der Waals surface area contributed by atoms with Gasteiger partial charge in [0.2, 0.25) is 0 Å². The third kappa shape index (κ3) is 4.90. The van der Waals surface area contributed by atoms with Crippen LogP contribution in [0.4, 0.5) is 11.4 Å². The number of oxazole rings is 1. The number of anilines is 1. The van der Waals surface area contributed by atoms with Gasteiger partial charge in [-0.2, -0.15) is 0 Å². The number of amides is 1. The van der Waals surface area contributed by atoms with Gasteiger partial charge in [0, 0.05) is 6.42 Å². The Morgan fingerprint density at radius 1 is 1.27 bits per heavy atom. The lowest BCUT2D eigenvalue weighted by Gasteiger charge is -2.13. The molecule has 10 heteroatoms. The summed E-state index contributed by atoms with van der Waals surface area (Å²) in [5.41, 5.74) is 0.946. The molecule has 0 saturated heterocycles. The number of methoxy groups -OCH3 is 1. The van der Waals surface area contributed by atoms with Crippen molar-refractivity contribution in [3.63, 3.8) is 0 Å². The van der Waals surface area contributed by atoms with Crippen LogP contribution in [0.25, 0.3) is 11.1 Å². The van der Waals surface area contributed by atoms with Crippen molar-refractivity contribution < 1.29 is 28.4 Å². The van der Waals surface area contributed by atoms with Crippen LogP contribution in [0.5, 0.6) is 5.75 Å². The van der Waals surface area contributed by atoms with Gasteiger partial charge < -0.3 is 19.2 Å². The molecule has 0 aliphatic carbocycles. The van der Waals surface area contributed by atoms with E-state index in [1.165, 1.54) is 32.2 Å². The first-order valence-electron chi connectivity index (χ1n) is 9.04. The van der Waals surface area contributed by atoms with E-state index >= 15 is 0 Å². The zero-order chi connectivity index (χ0) is 21.7. The molecule has 156 valence electrons. The van der Waals surface area contributed by atoms with Crippen molar-refractivity contribution in [2.75, 3.05) is 12.4 Å². The molecule has 1 N–H and O–H groups in total. The number of ether oxygens (including phenoxy) is 2. The zero-order valence-electron chi connectivity index (χ0n) is 16.3. The number of hydrogen-bond acceptors (Lipinski definition) is 8. The summed E-state index contributed by atoms with van der Waals surface area (Å²) in [6.07, 6.45) is -0.971. The number of nitrogens with one attached hydrogen (secondary N) is 1. The Balaban J connectivity index is 1.56. The average molecular weight is 413 g/mol. The number of rotatable bonds is 8. The van der Waals surface area contributed by atoms with Crippen LogP contribution in [-0.2, 0) is 20.7 Å². The van der Waals surface area contributed by atoms with Gasteiger partial charge in [0.15, 0.2) is 17.6 Å². The van der Waals surface area contributed by atoms with E-state index in [0.717, 1.165) is 0 Å². The fraction of sp³-hybridized carbons (Fsp3) is 0.250. The van der Waals surface area contributed by atoms with Gasteiger partial charge in [0.25, 0.3) is 11.6 Å². The molecule has 1 heterocycles. The SMILES string of the molecule is COc1ccc(NC(=O)[C@@H](C)OC(=O)CCc2nc3ccccc3o2)c([N+](=O)[O-])c1. The molecular formula is C20H19N3O7. The molecule has 0 bridgehead atoms. The highest BCUT2D eigenvalue weighted by Gasteiger charge is 2.23. The Morgan fingerprint density at radius 2 is 2.03 bits per heavy atom. The first-order valence-corrected chi connectivity index (χ1v) is 9.04. The number of esters is 1. The van der Waals surface area contributed by atoms with Gasteiger partial charge in [-0.1, -0.05) is 12.1 Å². The zero-order valence-corrected chi connectivity index (χ0v) is 16.3. The lowest BCUT2D eigenvalue weighted by molar-refractivity contribution is -0.384. The van der Waals surface area contributed by atoms with Crippen molar-refractivity contribution >= 4 is 34.4 Å². The van der Waals surface area contributed by atoms with Crippen LogP contribution < -0.4 is 10.1 Å². The molecule has 1 atom stereocenters. The van der Waals surface area contributed by atoms with E-state index in [9.17, 15) is 19.7 Å². The highest BCUT2D eigenvalue weighted by molar-refractivity contribution is 5.97. The number of benzene rings is 2. The molecule has 30 heavy (non-hydrogen) atoms. The number of aryl methyl sites for hydroxylation is 1. The van der Waals surface area contributed by atoms with Crippen LogP contribution in [-0.4, -0.2) is 35.0 Å². The Bertz CT molecular complexity index is 1060. The van der Waals surface area contributed by atoms with Gasteiger partial charge in [-0.25, -0.2) is 4.98 Å². The maximum atomic E-state index is 12.3. The minimum Gasteiger partial charge on any atom is -0.496 e. The molecular weight excluding hydrogens is 394 g/mol. The highest BCUT2D eigenvalue weighted by Crippen LogP contribution is 2.29. The van der Waals surface area contributed by atoms with E-state index in [1.54, 1.807) is 12.1 Å². The minimum absolute atomic E-state index is 0.0276. The number of para-hydroxylation sites is 2. The van der Waals surface area contributed by atoms with E-state index in [0.29, 0.717) is 17.0 Å². The Morgan fingerprint density at radius 3 is 2.73 bits per heavy atom. The fourth-order valence-corrected chi connectivity index (χ4v) is 2.68. The van der Waals surface area contributed by atoms with Crippen LogP contribution in [0.1, 0.15) is 19.2 Å². The molecule has 2 aromatic carbocycles. The third-order valence-electron chi connectivity index (χ3n) is 4.22. The highest BCUT2D eigenvalue weighted by atomic mass is 16.6. The van der Waals surface area contributed by atoms with Gasteiger partial charge in [0.1, 0.15) is 17.0 Å². The molecule has 0 aliphatic heterocycles. The van der Waals surface area contributed by atoms with E-state index in [-0.39, 0.29) is 30.0 Å². The summed E-state index contributed by atoms with van der Waals surface area (Å²) < 4.78 is 15.6. The van der Waals surface area contributed by atoms with Crippen LogP contribution in [0.3, 0.4) is 0 Å². The molecule has 0 fully saturated rings. The van der Waals surface area contributed by atoms with E-state index in [1.807, 2.05) is 12.1 Å². The van der Waals surface area contributed by atoms with Gasteiger partial charge in [-0.3, -0.25) is 19.7 Å². The predicted molar refractivity (Wildman–Crippen MR) is 106 cm³/mol. The third-order valence-corrected chi connectivity index (χ3v) is 4.22. The maximum absolute atomic E-state index is 12.3. The number of carbonyl (C=O) groups excluding carboxylic acids is 2. The second kappa shape index (κ2) is 9.03. The summed E-state index contributed by atoms with van der Waals surface area (Å²) in [7, 11) is 1.37. The minimum atomic E-state index is -1.15. The summed E-state index contributed by atoms with van der Waals surface area (Å²) in [4.78, 5) is 39.2. The van der Waals surface area contributed by atoms with E-state index in [2.05, 4.69) is 10.3 Å². The molecule has 0 spiro atoms. The van der Waals surface area contributed by atoms with Gasteiger partial charge >= 0.3 is 5.97 Å². The quantitative estimate of drug-likeness (QED) is 0.338. The van der Waals surface area contributed by atoms with E-state index < -0.39 is 22.9 Å². The first-order chi connectivity index (χ1) is 14.4. The topological polar surface area (TPSA) is 134 Å². The Labute approximate surface area is 170 Å². The molecule has 3 aromatic rings. The number of nitro groups is 1. The average Bonchev–Trinajstić information content (AvgIpc) is 3.15. The van der Waals surface area contributed by atoms with Crippen molar-refractivity contribution in [1.82, 2.24) is 4.98 Å². The van der Waals surface area contributed by atoms with Crippen LogP contribution in [0.2, 0.25) is 0 Å². The molecule has 10 nitrogen and oxygen atoms in total. The lowest BCUT2D eigenvalue weighted by atomic mass is 10.2. The number of nitro benzene ring substituents is 1. The largest absolute Gasteiger partial charge is 0.496 e. The lowest BCUT2D eigenvalue weighted by Crippen LogP contribution is -2.30. The van der Waals surface area contributed by atoms with Crippen LogP contribution >= 0.6 is 0 Å². The second-order valence-corrected chi connectivity index (χ2v) is 6.34. The number of hydrogen-bond donors (Lipinski definition) is 1. The first kappa shape index (κ1) is 20.8. The van der Waals surface area contributed by atoms with Gasteiger partial charge in [0.05, 0.1) is 24.5 Å². The smallest absolute Gasteiger partial charge is 0.307 e. The summed E-state index contributed by atoms with van der Waals surface area (Å²) in [5.74, 6) is -0.653. The molecule has 0 unspecified atom stereocenters. The van der Waals surface area contributed by atoms with Gasteiger partial charge in [-0.15, -0.1) is 0 Å². The van der Waals surface area contributed by atoms with Crippen molar-refractivity contribution in [2.45, 2.75) is 25.9 Å². The molecule has 3 rings (SSSR count). The summed E-state index contributed by atoms with van der Waals surface area (Å²) in [5, 5.41) is 13.6. The predicted octanol–water partition coefficient (Wildman–Crippen LogP) is 3.25. The number of fused-ring (bicyclic) bond motifs is 1. The number of nitrogens with zero attached hydrogens (tertiary/aromatic N) is 2. The van der Waals surface area contributed by atoms with E-state index in [4.69, 9.17) is 13.9 Å². The standard InChI is InChI=1S/C20H19N3O7/c1-12(20(25)22-14-8-7-13(28-2)11-16(14)23(26)27)29-19(24)10-9-18-21-15-5-3-4-6-17(15)30-18/h3-8,11-12H,9-10H2,1-2H3,(H,22,25)/t12-/m1/s1. The molecule has 1 aromatic heterocycles. The molecule has 0 radical (unpaired) electrons. The van der Waals surface area contributed by atoms with Crippen LogP contribution in [0, 0.1) is 10.1 Å². The summed E-state index contributed by atoms with van der Waals surface area (Å²) in [6, 6.07) is 11.2. The molecule has 0 saturated carbocycles. The van der Waals surface area contributed by atoms with Gasteiger partial charge in [-0.05, 0) is 31.2 Å². The molecule has 0 aliphatic rings. The van der Waals surface area contributed by atoms with Crippen molar-refractivity contribution in [3.8, 4) is 5.75 Å².